The van der Waals surface area contributed by atoms with Crippen LogP contribution in [0.3, 0.4) is 0 Å². The average Bonchev–Trinajstić information content (AvgIpc) is 3.20. The van der Waals surface area contributed by atoms with Gasteiger partial charge in [-0.05, 0) is 31.4 Å². The number of hydrogen-bond acceptors (Lipinski definition) is 4. The summed E-state index contributed by atoms with van der Waals surface area (Å²) in [6.45, 7) is 8.09. The fraction of sp³-hybridized carbons (Fsp3) is 0.526. The number of rotatable bonds is 6. The van der Waals surface area contributed by atoms with Gasteiger partial charge in [0.1, 0.15) is 11.6 Å². The first-order chi connectivity index (χ1) is 13.2. The molecule has 3 heterocycles. The number of hydrogen-bond donors (Lipinski definition) is 1. The Bertz CT molecular complexity index is 736. The van der Waals surface area contributed by atoms with Crippen LogP contribution in [-0.2, 0) is 0 Å². The molecule has 0 saturated carbocycles. The molecule has 3 rings (SSSR count). The van der Waals surface area contributed by atoms with E-state index in [2.05, 4.69) is 38.6 Å². The van der Waals surface area contributed by atoms with E-state index in [1.165, 1.54) is 0 Å². The Labute approximate surface area is 165 Å². The molecule has 1 N–H and O–H groups in total. The van der Waals surface area contributed by atoms with Gasteiger partial charge in [-0.15, -0.1) is 0 Å². The summed E-state index contributed by atoms with van der Waals surface area (Å²) in [6, 6.07) is 3.95. The lowest BCUT2D eigenvalue weighted by molar-refractivity contribution is 0.188. The molecule has 1 aliphatic rings. The lowest BCUT2D eigenvalue weighted by Crippen LogP contribution is -2.49. The summed E-state index contributed by atoms with van der Waals surface area (Å²) in [5.74, 6) is 1.98. The molecule has 0 aliphatic carbocycles. The molecule has 0 aromatic carbocycles. The van der Waals surface area contributed by atoms with E-state index in [1.54, 1.807) is 18.3 Å². The summed E-state index contributed by atoms with van der Waals surface area (Å²) >= 11 is 6.06. The first-order valence-corrected chi connectivity index (χ1v) is 9.80. The third-order valence-corrected chi connectivity index (χ3v) is 5.06. The molecule has 27 heavy (non-hydrogen) atoms. The van der Waals surface area contributed by atoms with Crippen molar-refractivity contribution in [2.24, 2.45) is 10.9 Å². The summed E-state index contributed by atoms with van der Waals surface area (Å²) in [6.07, 6.45) is 8.57. The van der Waals surface area contributed by atoms with E-state index in [4.69, 9.17) is 21.3 Å². The first kappa shape index (κ1) is 19.5. The highest BCUT2D eigenvalue weighted by Gasteiger charge is 2.28. The molecule has 1 aliphatic heterocycles. The van der Waals surface area contributed by atoms with E-state index in [0.717, 1.165) is 32.0 Å². The molecule has 1 fully saturated rings. The van der Waals surface area contributed by atoms with Gasteiger partial charge in [0, 0.05) is 38.2 Å². The zero-order valence-corrected chi connectivity index (χ0v) is 16.6. The van der Waals surface area contributed by atoms with Crippen molar-refractivity contribution in [1.82, 2.24) is 24.8 Å². The SMILES string of the molecule is CCNC(=NCCOc1ncccc1Cl)N1CCC(C)C(n2ccnc2)C1. The van der Waals surface area contributed by atoms with Gasteiger partial charge in [0.2, 0.25) is 5.88 Å². The van der Waals surface area contributed by atoms with E-state index < -0.39 is 0 Å². The van der Waals surface area contributed by atoms with E-state index >= 15 is 0 Å². The van der Waals surface area contributed by atoms with Crippen LogP contribution < -0.4 is 10.1 Å². The van der Waals surface area contributed by atoms with Gasteiger partial charge in [-0.2, -0.15) is 0 Å². The Balaban J connectivity index is 1.60. The highest BCUT2D eigenvalue weighted by molar-refractivity contribution is 6.31. The van der Waals surface area contributed by atoms with Crippen LogP contribution in [0, 0.1) is 5.92 Å². The minimum atomic E-state index is 0.397. The van der Waals surface area contributed by atoms with Crippen molar-refractivity contribution in [3.05, 3.63) is 42.1 Å². The summed E-state index contributed by atoms with van der Waals surface area (Å²) in [7, 11) is 0. The fourth-order valence-electron chi connectivity index (χ4n) is 3.29. The lowest BCUT2D eigenvalue weighted by Gasteiger charge is -2.39. The number of pyridine rings is 1. The molecule has 0 amide bonds. The summed E-state index contributed by atoms with van der Waals surface area (Å²) in [5, 5.41) is 3.91. The number of aromatic nitrogens is 3. The molecular weight excluding hydrogens is 364 g/mol. The van der Waals surface area contributed by atoms with Gasteiger partial charge in [0.05, 0.1) is 18.9 Å². The Hall–Kier alpha value is -2.28. The number of ether oxygens (including phenoxy) is 1. The van der Waals surface area contributed by atoms with Crippen LogP contribution in [-0.4, -0.2) is 58.2 Å². The molecule has 8 heteroatoms. The maximum atomic E-state index is 6.06. The maximum Gasteiger partial charge on any atom is 0.232 e. The molecule has 0 bridgehead atoms. The van der Waals surface area contributed by atoms with Gasteiger partial charge in [0.25, 0.3) is 0 Å². The van der Waals surface area contributed by atoms with Crippen molar-refractivity contribution in [2.45, 2.75) is 26.3 Å². The third-order valence-electron chi connectivity index (χ3n) is 4.78. The number of nitrogens with one attached hydrogen (secondary N) is 1. The predicted octanol–water partition coefficient (Wildman–Crippen LogP) is 2.86. The second-order valence-electron chi connectivity index (χ2n) is 6.66. The predicted molar refractivity (Wildman–Crippen MR) is 107 cm³/mol. The van der Waals surface area contributed by atoms with Crippen molar-refractivity contribution in [1.29, 1.82) is 0 Å². The normalized spacial score (nSPS) is 20.6. The number of halogens is 1. The quantitative estimate of drug-likeness (QED) is 0.466. The second kappa shape index (κ2) is 9.60. The highest BCUT2D eigenvalue weighted by Crippen LogP contribution is 2.27. The summed E-state index contributed by atoms with van der Waals surface area (Å²) < 4.78 is 7.84. The van der Waals surface area contributed by atoms with Crippen molar-refractivity contribution in [3.63, 3.8) is 0 Å². The summed E-state index contributed by atoms with van der Waals surface area (Å²) in [4.78, 5) is 15.4. The van der Waals surface area contributed by atoms with Crippen molar-refractivity contribution < 1.29 is 4.74 Å². The Morgan fingerprint density at radius 1 is 1.44 bits per heavy atom. The third kappa shape index (κ3) is 5.13. The van der Waals surface area contributed by atoms with Gasteiger partial charge in [-0.25, -0.2) is 15.0 Å². The Morgan fingerprint density at radius 2 is 2.33 bits per heavy atom. The van der Waals surface area contributed by atoms with Gasteiger partial charge in [0.15, 0.2) is 5.96 Å². The second-order valence-corrected chi connectivity index (χ2v) is 7.07. The minimum absolute atomic E-state index is 0.397. The van der Waals surface area contributed by atoms with Crippen LogP contribution in [0.5, 0.6) is 5.88 Å². The molecule has 0 spiro atoms. The van der Waals surface area contributed by atoms with Crippen LogP contribution in [0.2, 0.25) is 5.02 Å². The van der Waals surface area contributed by atoms with Crippen LogP contribution in [0.15, 0.2) is 42.0 Å². The van der Waals surface area contributed by atoms with E-state index in [0.29, 0.717) is 36.0 Å². The molecule has 2 aromatic rings. The van der Waals surface area contributed by atoms with Crippen LogP contribution in [0.1, 0.15) is 26.3 Å². The highest BCUT2D eigenvalue weighted by atomic mass is 35.5. The fourth-order valence-corrected chi connectivity index (χ4v) is 3.47. The number of likely N-dealkylation sites (tertiary alicyclic amines) is 1. The smallest absolute Gasteiger partial charge is 0.232 e. The zero-order chi connectivity index (χ0) is 19.1. The molecule has 7 nitrogen and oxygen atoms in total. The van der Waals surface area contributed by atoms with E-state index in [1.807, 2.05) is 18.7 Å². The van der Waals surface area contributed by atoms with Crippen LogP contribution >= 0.6 is 11.6 Å². The molecule has 2 aromatic heterocycles. The van der Waals surface area contributed by atoms with Gasteiger partial charge in [-0.1, -0.05) is 18.5 Å². The standard InChI is InChI=1S/C19H27ClN6O/c1-3-22-19(24-9-12-27-18-16(20)5-4-7-23-18)25-10-6-15(2)17(13-25)26-11-8-21-14-26/h4-5,7-8,11,14-15,17H,3,6,9-10,12-13H2,1-2H3,(H,22,24). The van der Waals surface area contributed by atoms with Gasteiger partial charge >= 0.3 is 0 Å². The minimum Gasteiger partial charge on any atom is -0.475 e. The number of imidazole rings is 1. The van der Waals surface area contributed by atoms with Crippen LogP contribution in [0.25, 0.3) is 0 Å². The van der Waals surface area contributed by atoms with E-state index in [-0.39, 0.29) is 0 Å². The number of aliphatic imine (C=N–C) groups is 1. The topological polar surface area (TPSA) is 67.6 Å². The lowest BCUT2D eigenvalue weighted by atomic mass is 9.93. The molecule has 2 unspecified atom stereocenters. The van der Waals surface area contributed by atoms with E-state index in [9.17, 15) is 0 Å². The monoisotopic (exact) mass is 390 g/mol. The zero-order valence-electron chi connectivity index (χ0n) is 15.9. The molecule has 2 atom stereocenters. The summed E-state index contributed by atoms with van der Waals surface area (Å²) in [5.41, 5.74) is 0. The largest absolute Gasteiger partial charge is 0.475 e. The van der Waals surface area contributed by atoms with Crippen molar-refractivity contribution >= 4 is 17.6 Å². The Morgan fingerprint density at radius 3 is 3.07 bits per heavy atom. The molecule has 146 valence electrons. The van der Waals surface area contributed by atoms with Crippen molar-refractivity contribution in [2.75, 3.05) is 32.8 Å². The number of nitrogens with zero attached hydrogens (tertiary/aromatic N) is 5. The maximum absolute atomic E-state index is 6.06. The van der Waals surface area contributed by atoms with Gasteiger partial charge < -0.3 is 19.5 Å². The molecular formula is C19H27ClN6O. The number of guanidine groups is 1. The van der Waals surface area contributed by atoms with Crippen molar-refractivity contribution in [3.8, 4) is 5.88 Å². The number of piperidine rings is 1. The van der Waals surface area contributed by atoms with Crippen LogP contribution in [0.4, 0.5) is 0 Å². The average molecular weight is 391 g/mol. The molecule has 0 radical (unpaired) electrons. The Kier molecular flexibility index (Phi) is 6.92. The molecule has 1 saturated heterocycles. The van der Waals surface area contributed by atoms with Gasteiger partial charge in [-0.3, -0.25) is 0 Å². The first-order valence-electron chi connectivity index (χ1n) is 9.43.